The van der Waals surface area contributed by atoms with Gasteiger partial charge >= 0.3 is 0 Å². The molecule has 0 aromatic heterocycles. The van der Waals surface area contributed by atoms with Crippen molar-refractivity contribution in [2.24, 2.45) is 5.92 Å². The van der Waals surface area contributed by atoms with Gasteiger partial charge in [-0.05, 0) is 24.6 Å². The molecule has 1 saturated heterocycles. The maximum Gasteiger partial charge on any atom is 0.229 e. The van der Waals surface area contributed by atoms with Crippen LogP contribution in [-0.4, -0.2) is 29.8 Å². The average molecular weight is 329 g/mol. The fourth-order valence-electron chi connectivity index (χ4n) is 2.34. The first-order chi connectivity index (χ1) is 10.0. The molecule has 1 aromatic carbocycles. The molecule has 21 heavy (non-hydrogen) atoms. The van der Waals surface area contributed by atoms with Crippen LogP contribution in [0.4, 0.5) is 5.69 Å². The van der Waals surface area contributed by atoms with Crippen molar-refractivity contribution in [3.8, 4) is 0 Å². The Morgan fingerprint density at radius 3 is 2.90 bits per heavy atom. The zero-order valence-electron chi connectivity index (χ0n) is 11.9. The summed E-state index contributed by atoms with van der Waals surface area (Å²) in [7, 11) is 0. The van der Waals surface area contributed by atoms with Gasteiger partial charge in [-0.3, -0.25) is 9.59 Å². The van der Waals surface area contributed by atoms with Crippen LogP contribution in [0.5, 0.6) is 0 Å². The highest BCUT2D eigenvalue weighted by Crippen LogP contribution is 2.27. The number of benzene rings is 1. The van der Waals surface area contributed by atoms with Gasteiger partial charge in [-0.2, -0.15) is 0 Å². The van der Waals surface area contributed by atoms with Crippen LogP contribution >= 0.6 is 23.2 Å². The van der Waals surface area contributed by atoms with Crippen molar-refractivity contribution in [2.45, 2.75) is 26.2 Å². The Balaban J connectivity index is 1.98. The molecule has 1 fully saturated rings. The molecule has 1 aromatic rings. The van der Waals surface area contributed by atoms with E-state index in [1.165, 1.54) is 0 Å². The van der Waals surface area contributed by atoms with Crippen LogP contribution in [0.15, 0.2) is 18.2 Å². The Morgan fingerprint density at radius 1 is 1.43 bits per heavy atom. The lowest BCUT2D eigenvalue weighted by Gasteiger charge is -2.16. The number of carbonyl (C=O) groups excluding carboxylic acids is 2. The zero-order valence-corrected chi connectivity index (χ0v) is 13.4. The summed E-state index contributed by atoms with van der Waals surface area (Å²) >= 11 is 11.9. The molecule has 1 atom stereocenters. The minimum Gasteiger partial charge on any atom is -0.342 e. The first-order valence-electron chi connectivity index (χ1n) is 7.05. The second-order valence-corrected chi connectivity index (χ2v) is 6.05. The quantitative estimate of drug-likeness (QED) is 0.898. The Morgan fingerprint density at radius 2 is 2.19 bits per heavy atom. The van der Waals surface area contributed by atoms with Gasteiger partial charge < -0.3 is 10.2 Å². The maximum absolute atomic E-state index is 12.3. The van der Waals surface area contributed by atoms with Gasteiger partial charge in [0.1, 0.15) is 0 Å². The van der Waals surface area contributed by atoms with Crippen molar-refractivity contribution in [1.29, 1.82) is 0 Å². The Bertz CT molecular complexity index is 548. The van der Waals surface area contributed by atoms with Crippen molar-refractivity contribution in [1.82, 2.24) is 4.90 Å². The molecule has 114 valence electrons. The fourth-order valence-corrected chi connectivity index (χ4v) is 2.68. The zero-order chi connectivity index (χ0) is 15.4. The standard InChI is InChI=1S/C15H18Cl2N2O2/c1-2-3-6-19-9-10(7-14(19)20)15(21)18-13-8-11(16)4-5-12(13)17/h4-5,8,10H,2-3,6-7,9H2,1H3,(H,18,21). The van der Waals surface area contributed by atoms with Crippen molar-refractivity contribution >= 4 is 40.7 Å². The summed E-state index contributed by atoms with van der Waals surface area (Å²) in [6, 6.07) is 4.89. The predicted molar refractivity (Wildman–Crippen MR) is 84.7 cm³/mol. The van der Waals surface area contributed by atoms with E-state index in [0.29, 0.717) is 22.3 Å². The fraction of sp³-hybridized carbons (Fsp3) is 0.467. The number of unbranched alkanes of at least 4 members (excludes halogenated alkanes) is 1. The predicted octanol–water partition coefficient (Wildman–Crippen LogP) is 3.58. The Kier molecular flexibility index (Phi) is 5.48. The molecule has 0 spiro atoms. The van der Waals surface area contributed by atoms with Crippen molar-refractivity contribution in [3.05, 3.63) is 28.2 Å². The molecule has 0 saturated carbocycles. The summed E-state index contributed by atoms with van der Waals surface area (Å²) in [5.74, 6) is -0.475. The monoisotopic (exact) mass is 328 g/mol. The maximum atomic E-state index is 12.3. The number of nitrogens with one attached hydrogen (secondary N) is 1. The van der Waals surface area contributed by atoms with Crippen LogP contribution in [0, 0.1) is 5.92 Å². The molecule has 1 N–H and O–H groups in total. The Hall–Kier alpha value is -1.26. The summed E-state index contributed by atoms with van der Waals surface area (Å²) in [5, 5.41) is 3.69. The number of anilines is 1. The average Bonchev–Trinajstić information content (AvgIpc) is 2.82. The second-order valence-electron chi connectivity index (χ2n) is 5.21. The summed E-state index contributed by atoms with van der Waals surface area (Å²) in [6.45, 7) is 3.27. The Labute approximate surface area is 134 Å². The lowest BCUT2D eigenvalue weighted by Crippen LogP contribution is -2.29. The van der Waals surface area contributed by atoms with E-state index >= 15 is 0 Å². The van der Waals surface area contributed by atoms with E-state index in [-0.39, 0.29) is 24.2 Å². The van der Waals surface area contributed by atoms with Gasteiger partial charge in [0.2, 0.25) is 11.8 Å². The van der Waals surface area contributed by atoms with Crippen LogP contribution in [0.1, 0.15) is 26.2 Å². The molecule has 6 heteroatoms. The van der Waals surface area contributed by atoms with Gasteiger partial charge in [-0.15, -0.1) is 0 Å². The highest BCUT2D eigenvalue weighted by Gasteiger charge is 2.34. The van der Waals surface area contributed by atoms with E-state index in [0.717, 1.165) is 19.4 Å². The van der Waals surface area contributed by atoms with E-state index in [1.54, 1.807) is 23.1 Å². The number of hydrogen-bond acceptors (Lipinski definition) is 2. The SMILES string of the molecule is CCCCN1CC(C(=O)Nc2cc(Cl)ccc2Cl)CC1=O. The molecule has 2 rings (SSSR count). The van der Waals surface area contributed by atoms with E-state index in [4.69, 9.17) is 23.2 Å². The topological polar surface area (TPSA) is 49.4 Å². The highest BCUT2D eigenvalue weighted by atomic mass is 35.5. The second kappa shape index (κ2) is 7.14. The van der Waals surface area contributed by atoms with Crippen LogP contribution < -0.4 is 5.32 Å². The number of carbonyl (C=O) groups is 2. The number of nitrogens with zero attached hydrogens (tertiary/aromatic N) is 1. The largest absolute Gasteiger partial charge is 0.342 e. The smallest absolute Gasteiger partial charge is 0.229 e. The van der Waals surface area contributed by atoms with Crippen LogP contribution in [0.25, 0.3) is 0 Å². The van der Waals surface area contributed by atoms with Crippen molar-refractivity contribution < 1.29 is 9.59 Å². The molecule has 1 aliphatic heterocycles. The molecular weight excluding hydrogens is 311 g/mol. The normalized spacial score (nSPS) is 18.1. The van der Waals surface area contributed by atoms with E-state index in [2.05, 4.69) is 12.2 Å². The molecule has 0 aliphatic carbocycles. The van der Waals surface area contributed by atoms with Gasteiger partial charge in [-0.25, -0.2) is 0 Å². The first-order valence-corrected chi connectivity index (χ1v) is 7.80. The molecule has 1 aliphatic rings. The van der Waals surface area contributed by atoms with Gasteiger partial charge in [-0.1, -0.05) is 36.5 Å². The van der Waals surface area contributed by atoms with Gasteiger partial charge in [0, 0.05) is 24.5 Å². The molecular formula is C15H18Cl2N2O2. The first kappa shape index (κ1) is 16.1. The summed E-state index contributed by atoms with van der Waals surface area (Å²) in [6.07, 6.45) is 2.24. The highest BCUT2D eigenvalue weighted by molar-refractivity contribution is 6.35. The van der Waals surface area contributed by atoms with Gasteiger partial charge in [0.15, 0.2) is 0 Å². The summed E-state index contributed by atoms with van der Waals surface area (Å²) in [4.78, 5) is 25.9. The molecule has 2 amide bonds. The lowest BCUT2D eigenvalue weighted by atomic mass is 10.1. The number of likely N-dealkylation sites (tertiary alicyclic amines) is 1. The summed E-state index contributed by atoms with van der Waals surface area (Å²) < 4.78 is 0. The molecule has 0 bridgehead atoms. The van der Waals surface area contributed by atoms with Crippen LogP contribution in [0.2, 0.25) is 10.0 Å². The van der Waals surface area contributed by atoms with Crippen LogP contribution in [0.3, 0.4) is 0 Å². The minimum absolute atomic E-state index is 0.0424. The summed E-state index contributed by atoms with van der Waals surface area (Å²) in [5.41, 5.74) is 0.480. The number of rotatable bonds is 5. The number of hydrogen-bond donors (Lipinski definition) is 1. The van der Waals surface area contributed by atoms with Crippen molar-refractivity contribution in [2.75, 3.05) is 18.4 Å². The number of halogens is 2. The molecule has 0 radical (unpaired) electrons. The van der Waals surface area contributed by atoms with E-state index in [1.807, 2.05) is 0 Å². The third-order valence-electron chi connectivity index (χ3n) is 3.55. The minimum atomic E-state index is -0.329. The van der Waals surface area contributed by atoms with E-state index < -0.39 is 0 Å². The molecule has 1 unspecified atom stereocenters. The van der Waals surface area contributed by atoms with Gasteiger partial charge in [0.05, 0.1) is 16.6 Å². The van der Waals surface area contributed by atoms with E-state index in [9.17, 15) is 9.59 Å². The third-order valence-corrected chi connectivity index (χ3v) is 4.12. The van der Waals surface area contributed by atoms with Gasteiger partial charge in [0.25, 0.3) is 0 Å². The van der Waals surface area contributed by atoms with Crippen molar-refractivity contribution in [3.63, 3.8) is 0 Å². The van der Waals surface area contributed by atoms with Crippen LogP contribution in [-0.2, 0) is 9.59 Å². The molecule has 1 heterocycles. The number of amides is 2. The molecule has 4 nitrogen and oxygen atoms in total. The third kappa shape index (κ3) is 4.11. The lowest BCUT2D eigenvalue weighted by molar-refractivity contribution is -0.128.